The zero-order valence-corrected chi connectivity index (χ0v) is 12.0. The minimum Gasteiger partial charge on any atom is -0.505 e. The molecule has 0 radical (unpaired) electrons. The average molecular weight is 276 g/mol. The van der Waals surface area contributed by atoms with E-state index in [1.54, 1.807) is 12.4 Å². The fourth-order valence-corrected chi connectivity index (χ4v) is 2.38. The number of phenols is 1. The van der Waals surface area contributed by atoms with Crippen molar-refractivity contribution in [2.24, 2.45) is 0 Å². The first-order valence-corrected chi connectivity index (χ1v) is 6.83. The number of hydrogen-bond acceptors (Lipinski definition) is 3. The van der Waals surface area contributed by atoms with Crippen molar-refractivity contribution in [3.8, 4) is 5.75 Å². The number of benzene rings is 1. The Hall–Kier alpha value is -2.68. The van der Waals surface area contributed by atoms with E-state index in [2.05, 4.69) is 9.97 Å². The maximum absolute atomic E-state index is 10.2. The monoisotopic (exact) mass is 276 g/mol. The molecular formula is C18H16N2O. The van der Waals surface area contributed by atoms with E-state index in [9.17, 15) is 5.11 Å². The average Bonchev–Trinajstić information content (AvgIpc) is 2.51. The van der Waals surface area contributed by atoms with Crippen molar-refractivity contribution in [3.63, 3.8) is 0 Å². The lowest BCUT2D eigenvalue weighted by Gasteiger charge is -2.07. The van der Waals surface area contributed by atoms with Crippen LogP contribution >= 0.6 is 0 Å². The van der Waals surface area contributed by atoms with Crippen LogP contribution < -0.4 is 0 Å². The Kier molecular flexibility index (Phi) is 3.40. The molecule has 3 heteroatoms. The first kappa shape index (κ1) is 13.3. The predicted molar refractivity (Wildman–Crippen MR) is 86.0 cm³/mol. The lowest BCUT2D eigenvalue weighted by molar-refractivity contribution is 0.476. The Morgan fingerprint density at radius 3 is 2.67 bits per heavy atom. The van der Waals surface area contributed by atoms with Crippen LogP contribution in [0.1, 0.15) is 22.4 Å². The van der Waals surface area contributed by atoms with Crippen molar-refractivity contribution in [3.05, 3.63) is 65.1 Å². The molecule has 1 aromatic carbocycles. The standard InChI is InChI=1S/C18H16N2O/c1-12-10-13(2)18(21)17-16(12)8-7-15(20-17)6-5-14-4-3-9-19-11-14/h3-11,21H,1-2H3/b6-5+. The van der Waals surface area contributed by atoms with Crippen LogP contribution in [0.15, 0.2) is 42.7 Å². The van der Waals surface area contributed by atoms with Crippen molar-refractivity contribution in [1.29, 1.82) is 0 Å². The van der Waals surface area contributed by atoms with Gasteiger partial charge in [-0.15, -0.1) is 0 Å². The molecule has 0 fully saturated rings. The number of rotatable bonds is 2. The van der Waals surface area contributed by atoms with Crippen molar-refractivity contribution >= 4 is 23.1 Å². The fourth-order valence-electron chi connectivity index (χ4n) is 2.38. The summed E-state index contributed by atoms with van der Waals surface area (Å²) >= 11 is 0. The largest absolute Gasteiger partial charge is 0.505 e. The molecule has 0 spiro atoms. The second kappa shape index (κ2) is 5.37. The lowest BCUT2D eigenvalue weighted by Crippen LogP contribution is -1.89. The summed E-state index contributed by atoms with van der Waals surface area (Å²) in [5.74, 6) is 0.257. The van der Waals surface area contributed by atoms with Gasteiger partial charge in [0.2, 0.25) is 0 Å². The highest BCUT2D eigenvalue weighted by atomic mass is 16.3. The molecule has 0 amide bonds. The first-order valence-electron chi connectivity index (χ1n) is 6.83. The van der Waals surface area contributed by atoms with Crippen molar-refractivity contribution < 1.29 is 5.11 Å². The number of phenolic OH excluding ortho intramolecular Hbond substituents is 1. The predicted octanol–water partition coefficient (Wildman–Crippen LogP) is 4.12. The summed E-state index contributed by atoms with van der Waals surface area (Å²) in [5, 5.41) is 11.2. The molecule has 0 unspecified atom stereocenters. The van der Waals surface area contributed by atoms with Gasteiger partial charge in [0.25, 0.3) is 0 Å². The number of fused-ring (bicyclic) bond motifs is 1. The molecule has 0 saturated heterocycles. The van der Waals surface area contributed by atoms with Crippen LogP contribution in [0.3, 0.4) is 0 Å². The van der Waals surface area contributed by atoms with E-state index < -0.39 is 0 Å². The van der Waals surface area contributed by atoms with Crippen LogP contribution in [0, 0.1) is 13.8 Å². The van der Waals surface area contributed by atoms with E-state index in [0.29, 0.717) is 5.52 Å². The Bertz CT molecular complexity index is 823. The van der Waals surface area contributed by atoms with Gasteiger partial charge in [0.1, 0.15) is 11.3 Å². The van der Waals surface area contributed by atoms with Crippen molar-refractivity contribution in [1.82, 2.24) is 9.97 Å². The Morgan fingerprint density at radius 2 is 1.90 bits per heavy atom. The molecule has 0 bridgehead atoms. The van der Waals surface area contributed by atoms with Crippen LogP contribution in [0.5, 0.6) is 5.75 Å². The molecule has 3 rings (SSSR count). The maximum atomic E-state index is 10.2. The van der Waals surface area contributed by atoms with Gasteiger partial charge in [-0.05, 0) is 48.7 Å². The van der Waals surface area contributed by atoms with Crippen LogP contribution in [-0.4, -0.2) is 15.1 Å². The van der Waals surface area contributed by atoms with Crippen LogP contribution in [0.2, 0.25) is 0 Å². The molecule has 0 aliphatic carbocycles. The molecule has 2 aromatic heterocycles. The van der Waals surface area contributed by atoms with Gasteiger partial charge in [-0.2, -0.15) is 0 Å². The topological polar surface area (TPSA) is 46.0 Å². The van der Waals surface area contributed by atoms with Crippen LogP contribution in [-0.2, 0) is 0 Å². The second-order valence-electron chi connectivity index (χ2n) is 5.11. The van der Waals surface area contributed by atoms with Gasteiger partial charge >= 0.3 is 0 Å². The molecule has 3 aromatic rings. The highest BCUT2D eigenvalue weighted by Gasteiger charge is 2.08. The van der Waals surface area contributed by atoms with Gasteiger partial charge in [0.15, 0.2) is 0 Å². The van der Waals surface area contributed by atoms with Crippen LogP contribution in [0.25, 0.3) is 23.1 Å². The fraction of sp³-hybridized carbons (Fsp3) is 0.111. The normalized spacial score (nSPS) is 11.3. The summed E-state index contributed by atoms with van der Waals surface area (Å²) in [4.78, 5) is 8.63. The summed E-state index contributed by atoms with van der Waals surface area (Å²) in [6, 6.07) is 9.81. The van der Waals surface area contributed by atoms with E-state index >= 15 is 0 Å². The molecule has 3 nitrogen and oxygen atoms in total. The van der Waals surface area contributed by atoms with E-state index in [1.807, 2.05) is 56.3 Å². The van der Waals surface area contributed by atoms with E-state index in [1.165, 1.54) is 0 Å². The molecule has 1 N–H and O–H groups in total. The van der Waals surface area contributed by atoms with Crippen LogP contribution in [0.4, 0.5) is 0 Å². The van der Waals surface area contributed by atoms with E-state index in [-0.39, 0.29) is 5.75 Å². The van der Waals surface area contributed by atoms with Gasteiger partial charge in [-0.1, -0.05) is 24.3 Å². The van der Waals surface area contributed by atoms with Crippen molar-refractivity contribution in [2.75, 3.05) is 0 Å². The minimum atomic E-state index is 0.257. The van der Waals surface area contributed by atoms with Gasteiger partial charge < -0.3 is 5.11 Å². The molecule has 0 aliphatic heterocycles. The smallest absolute Gasteiger partial charge is 0.144 e. The lowest BCUT2D eigenvalue weighted by atomic mass is 10.0. The Balaban J connectivity index is 2.05. The maximum Gasteiger partial charge on any atom is 0.144 e. The third-order valence-electron chi connectivity index (χ3n) is 3.50. The second-order valence-corrected chi connectivity index (χ2v) is 5.11. The third kappa shape index (κ3) is 2.63. The Labute approximate surface area is 123 Å². The number of hydrogen-bond donors (Lipinski definition) is 1. The zero-order chi connectivity index (χ0) is 14.8. The number of aryl methyl sites for hydroxylation is 2. The quantitative estimate of drug-likeness (QED) is 0.765. The van der Waals surface area contributed by atoms with Gasteiger partial charge in [-0.25, -0.2) is 4.98 Å². The van der Waals surface area contributed by atoms with Gasteiger partial charge in [0.05, 0.1) is 5.69 Å². The number of pyridine rings is 2. The summed E-state index contributed by atoms with van der Waals surface area (Å²) in [6.45, 7) is 3.92. The molecule has 2 heterocycles. The van der Waals surface area contributed by atoms with E-state index in [4.69, 9.17) is 0 Å². The van der Waals surface area contributed by atoms with Gasteiger partial charge in [0, 0.05) is 17.8 Å². The summed E-state index contributed by atoms with van der Waals surface area (Å²) in [5.41, 5.74) is 4.45. The molecule has 21 heavy (non-hydrogen) atoms. The summed E-state index contributed by atoms with van der Waals surface area (Å²) in [7, 11) is 0. The molecule has 0 saturated carbocycles. The molecular weight excluding hydrogens is 260 g/mol. The third-order valence-corrected chi connectivity index (χ3v) is 3.50. The Morgan fingerprint density at radius 1 is 1.05 bits per heavy atom. The minimum absolute atomic E-state index is 0.257. The zero-order valence-electron chi connectivity index (χ0n) is 12.0. The van der Waals surface area contributed by atoms with Crippen molar-refractivity contribution in [2.45, 2.75) is 13.8 Å². The summed E-state index contributed by atoms with van der Waals surface area (Å²) in [6.07, 6.45) is 7.42. The number of nitrogens with zero attached hydrogens (tertiary/aromatic N) is 2. The number of aromatic nitrogens is 2. The SMILES string of the molecule is Cc1cc(C)c2ccc(/C=C/c3cccnc3)nc2c1O. The van der Waals surface area contributed by atoms with Gasteiger partial charge in [-0.3, -0.25) is 4.98 Å². The molecule has 0 atom stereocenters. The summed E-state index contributed by atoms with van der Waals surface area (Å²) < 4.78 is 0. The first-order chi connectivity index (χ1) is 10.1. The highest BCUT2D eigenvalue weighted by molar-refractivity contribution is 5.89. The number of aromatic hydroxyl groups is 1. The molecule has 104 valence electrons. The highest BCUT2D eigenvalue weighted by Crippen LogP contribution is 2.29. The van der Waals surface area contributed by atoms with E-state index in [0.717, 1.165) is 27.8 Å². The molecule has 0 aliphatic rings.